The Hall–Kier alpha value is -2.18. The molecule has 1 unspecified atom stereocenters. The van der Waals surface area contributed by atoms with Crippen LogP contribution in [0.5, 0.6) is 0 Å². The van der Waals surface area contributed by atoms with Gasteiger partial charge in [0.15, 0.2) is 0 Å². The minimum Gasteiger partial charge on any atom is -0.305 e. The van der Waals surface area contributed by atoms with Crippen LogP contribution in [0.4, 0.5) is 5.69 Å². The number of rotatable bonds is 5. The van der Waals surface area contributed by atoms with Crippen molar-refractivity contribution in [2.75, 3.05) is 17.5 Å². The zero-order chi connectivity index (χ0) is 19.6. The number of anilines is 1. The van der Waals surface area contributed by atoms with Gasteiger partial charge in [0, 0.05) is 23.4 Å². The monoisotopic (exact) mass is 403 g/mol. The summed E-state index contributed by atoms with van der Waals surface area (Å²) in [4.78, 5) is 12.6. The average Bonchev–Trinajstić information content (AvgIpc) is 3.10. The van der Waals surface area contributed by atoms with E-state index in [9.17, 15) is 9.00 Å². The number of halogens is 1. The van der Waals surface area contributed by atoms with Gasteiger partial charge in [0.2, 0.25) is 5.91 Å². The lowest BCUT2D eigenvalue weighted by Gasteiger charge is -2.13. The second-order valence-corrected chi connectivity index (χ2v) is 8.17. The average molecular weight is 404 g/mol. The largest absolute Gasteiger partial charge is 0.305 e. The van der Waals surface area contributed by atoms with Gasteiger partial charge in [-0.2, -0.15) is 5.10 Å². The first-order valence-corrected chi connectivity index (χ1v) is 10.6. The van der Waals surface area contributed by atoms with E-state index >= 15 is 0 Å². The summed E-state index contributed by atoms with van der Waals surface area (Å²) in [6, 6.07) is 11.4. The predicted octanol–water partition coefficient (Wildman–Crippen LogP) is 3.84. The lowest BCUT2D eigenvalue weighted by Crippen LogP contribution is -2.25. The molecule has 1 aliphatic heterocycles. The van der Waals surface area contributed by atoms with Crippen molar-refractivity contribution in [3.63, 3.8) is 0 Å². The molecular weight excluding hydrogens is 382 g/mol. The fraction of sp³-hybridized carbons (Fsp3) is 0.300. The van der Waals surface area contributed by atoms with Gasteiger partial charge in [-0.05, 0) is 54.3 Å². The van der Waals surface area contributed by atoms with Crippen molar-refractivity contribution in [1.29, 1.82) is 0 Å². The van der Waals surface area contributed by atoms with E-state index in [1.807, 2.05) is 50.2 Å². The van der Waals surface area contributed by atoms with E-state index in [1.54, 1.807) is 6.26 Å². The van der Waals surface area contributed by atoms with E-state index in [0.29, 0.717) is 18.0 Å². The van der Waals surface area contributed by atoms with Crippen molar-refractivity contribution in [1.82, 2.24) is 5.01 Å². The van der Waals surface area contributed by atoms with Crippen LogP contribution in [-0.2, 0) is 22.2 Å². The molecule has 7 heteroatoms. The minimum absolute atomic E-state index is 0.0604. The third-order valence-corrected chi connectivity index (χ3v) is 5.45. The van der Waals surface area contributed by atoms with Crippen LogP contribution in [0.3, 0.4) is 0 Å². The van der Waals surface area contributed by atoms with Crippen molar-refractivity contribution in [3.8, 4) is 0 Å². The van der Waals surface area contributed by atoms with E-state index in [0.717, 1.165) is 33.7 Å². The summed E-state index contributed by atoms with van der Waals surface area (Å²) in [7, 11) is -1.11. The highest BCUT2D eigenvalue weighted by atomic mass is 35.5. The molecule has 2 aromatic carbocycles. The number of amides is 1. The molecule has 27 heavy (non-hydrogen) atoms. The number of hydrogen-bond donors (Lipinski definition) is 1. The van der Waals surface area contributed by atoms with E-state index in [-0.39, 0.29) is 12.3 Å². The van der Waals surface area contributed by atoms with Crippen molar-refractivity contribution in [3.05, 3.63) is 63.7 Å². The highest BCUT2D eigenvalue weighted by Gasteiger charge is 2.22. The molecular formula is C20H22ClN3O2S. The highest BCUT2D eigenvalue weighted by Crippen LogP contribution is 2.23. The van der Waals surface area contributed by atoms with Crippen LogP contribution >= 0.6 is 11.6 Å². The van der Waals surface area contributed by atoms with Crippen LogP contribution in [0.2, 0.25) is 5.02 Å². The summed E-state index contributed by atoms with van der Waals surface area (Å²) in [5.41, 5.74) is 5.68. The van der Waals surface area contributed by atoms with Crippen molar-refractivity contribution < 1.29 is 9.00 Å². The maximum absolute atomic E-state index is 12.6. The van der Waals surface area contributed by atoms with Crippen LogP contribution in [-0.4, -0.2) is 33.6 Å². The third kappa shape index (κ3) is 4.76. The number of nitrogens with one attached hydrogen (secondary N) is 1. The highest BCUT2D eigenvalue weighted by molar-refractivity contribution is 7.85. The molecule has 0 radical (unpaired) electrons. The lowest BCUT2D eigenvalue weighted by atomic mass is 10.0. The molecule has 0 aliphatic carbocycles. The minimum atomic E-state index is -1.11. The normalized spacial score (nSPS) is 14.8. The summed E-state index contributed by atoms with van der Waals surface area (Å²) in [6.45, 7) is 4.58. The Morgan fingerprint density at radius 1 is 1.22 bits per heavy atom. The van der Waals surface area contributed by atoms with Crippen LogP contribution in [0.25, 0.3) is 0 Å². The van der Waals surface area contributed by atoms with E-state index in [1.165, 1.54) is 5.01 Å². The Balaban J connectivity index is 1.70. The van der Waals surface area contributed by atoms with Gasteiger partial charge in [-0.1, -0.05) is 29.8 Å². The van der Waals surface area contributed by atoms with E-state index in [4.69, 9.17) is 11.6 Å². The standard InChI is InChI=1S/C20H22ClN3O2S/c1-13-10-16(18(21)11-14(13)2)12-20(25)24-9-8-19(22-24)15-4-6-17(7-5-15)23-27(3)26/h4-7,10-11,23H,8-9,12H2,1-3H3. The first-order chi connectivity index (χ1) is 12.8. The summed E-state index contributed by atoms with van der Waals surface area (Å²) in [5.74, 6) is -0.0604. The van der Waals surface area contributed by atoms with Crippen molar-refractivity contribution in [2.24, 2.45) is 5.10 Å². The summed E-state index contributed by atoms with van der Waals surface area (Å²) >= 11 is 6.29. The molecule has 0 bridgehead atoms. The lowest BCUT2D eigenvalue weighted by molar-refractivity contribution is -0.130. The van der Waals surface area contributed by atoms with Gasteiger partial charge in [0.1, 0.15) is 11.0 Å². The second kappa shape index (κ2) is 8.23. The molecule has 1 amide bonds. The number of carbonyl (C=O) groups excluding carboxylic acids is 1. The number of hydrazone groups is 1. The van der Waals surface area contributed by atoms with Crippen molar-refractivity contribution >= 4 is 39.9 Å². The predicted molar refractivity (Wildman–Crippen MR) is 112 cm³/mol. The molecule has 1 atom stereocenters. The van der Waals surface area contributed by atoms with Gasteiger partial charge in [-0.25, -0.2) is 9.22 Å². The maximum Gasteiger partial charge on any atom is 0.247 e. The molecule has 0 saturated heterocycles. The summed E-state index contributed by atoms with van der Waals surface area (Å²) in [6.07, 6.45) is 2.53. The van der Waals surface area contributed by atoms with Gasteiger partial charge in [0.25, 0.3) is 0 Å². The van der Waals surface area contributed by atoms with E-state index in [2.05, 4.69) is 9.82 Å². The van der Waals surface area contributed by atoms with Gasteiger partial charge in [-0.15, -0.1) is 0 Å². The second-order valence-electron chi connectivity index (χ2n) is 6.65. The Bertz CT molecular complexity index is 926. The SMILES string of the molecule is Cc1cc(Cl)c(CC(=O)N2CCC(c3ccc(NS(C)=O)cc3)=N2)cc1C. The summed E-state index contributed by atoms with van der Waals surface area (Å²) in [5, 5.41) is 6.63. The molecule has 5 nitrogen and oxygen atoms in total. The van der Waals surface area contributed by atoms with Gasteiger partial charge < -0.3 is 4.72 Å². The molecule has 0 fully saturated rings. The molecule has 1 aliphatic rings. The zero-order valence-corrected chi connectivity index (χ0v) is 17.2. The number of aryl methyl sites for hydroxylation is 2. The smallest absolute Gasteiger partial charge is 0.247 e. The zero-order valence-electron chi connectivity index (χ0n) is 15.6. The van der Waals surface area contributed by atoms with Gasteiger partial charge in [-0.3, -0.25) is 4.79 Å². The molecule has 3 rings (SSSR count). The maximum atomic E-state index is 12.6. The molecule has 1 heterocycles. The van der Waals surface area contributed by atoms with Crippen LogP contribution < -0.4 is 4.72 Å². The molecule has 1 N–H and O–H groups in total. The quantitative estimate of drug-likeness (QED) is 0.824. The fourth-order valence-corrected chi connectivity index (χ4v) is 3.72. The molecule has 0 saturated carbocycles. The Morgan fingerprint density at radius 2 is 1.89 bits per heavy atom. The van der Waals surface area contributed by atoms with Gasteiger partial charge in [0.05, 0.1) is 18.7 Å². The Kier molecular flexibility index (Phi) is 5.97. The summed E-state index contributed by atoms with van der Waals surface area (Å²) < 4.78 is 14.1. The number of carbonyl (C=O) groups is 1. The van der Waals surface area contributed by atoms with Crippen LogP contribution in [0.1, 0.15) is 28.7 Å². The molecule has 142 valence electrons. The fourth-order valence-electron chi connectivity index (χ4n) is 2.97. The Morgan fingerprint density at radius 3 is 2.56 bits per heavy atom. The van der Waals surface area contributed by atoms with Crippen molar-refractivity contribution in [2.45, 2.75) is 26.7 Å². The number of hydrogen-bond acceptors (Lipinski definition) is 3. The topological polar surface area (TPSA) is 61.8 Å². The van der Waals surface area contributed by atoms with Gasteiger partial charge >= 0.3 is 0 Å². The molecule has 2 aromatic rings. The van der Waals surface area contributed by atoms with E-state index < -0.39 is 11.0 Å². The first-order valence-electron chi connectivity index (χ1n) is 8.67. The first kappa shape index (κ1) is 19.6. The Labute approximate surface area is 167 Å². The third-order valence-electron chi connectivity index (χ3n) is 4.57. The van der Waals surface area contributed by atoms with Crippen LogP contribution in [0.15, 0.2) is 41.5 Å². The number of benzene rings is 2. The molecule has 0 aromatic heterocycles. The van der Waals surface area contributed by atoms with Crippen LogP contribution in [0, 0.1) is 13.8 Å². The number of nitrogens with zero attached hydrogens (tertiary/aromatic N) is 2. The molecule has 0 spiro atoms.